The molecule has 0 saturated heterocycles. The fraction of sp³-hybridized carbons (Fsp3) is 0.286. The van der Waals surface area contributed by atoms with Gasteiger partial charge in [0.15, 0.2) is 0 Å². The average Bonchev–Trinajstić information content (AvgIpc) is 2.42. The monoisotopic (exact) mass is 257 g/mol. The summed E-state index contributed by atoms with van der Waals surface area (Å²) in [7, 11) is 0. The van der Waals surface area contributed by atoms with E-state index in [4.69, 9.17) is 0 Å². The number of H-pyrrole nitrogens is 1. The third-order valence-corrected chi connectivity index (χ3v) is 3.32. The van der Waals surface area contributed by atoms with Crippen LogP contribution in [-0.4, -0.2) is 15.1 Å². The van der Waals surface area contributed by atoms with Gasteiger partial charge in [-0.15, -0.1) is 0 Å². The number of phenolic OH excluding ortho intramolecular Hbond substituents is 1. The van der Waals surface area contributed by atoms with Crippen molar-refractivity contribution in [3.63, 3.8) is 0 Å². The van der Waals surface area contributed by atoms with Gasteiger partial charge in [0.05, 0.1) is 5.69 Å². The van der Waals surface area contributed by atoms with Crippen LogP contribution in [0.15, 0.2) is 29.1 Å². The normalized spacial score (nSPS) is 13.9. The molecule has 2 aromatic rings. The van der Waals surface area contributed by atoms with E-state index in [1.807, 2.05) is 0 Å². The number of nitrogens with one attached hydrogen (secondary N) is 2. The smallest absolute Gasteiger partial charge is 0.255 e. The Balaban J connectivity index is 1.91. The number of hydrogen-bond donors (Lipinski definition) is 3. The largest absolute Gasteiger partial charge is 0.508 e. The second kappa shape index (κ2) is 4.76. The number of aromatic hydroxyl groups is 1. The van der Waals surface area contributed by atoms with Crippen LogP contribution in [0.5, 0.6) is 5.75 Å². The summed E-state index contributed by atoms with van der Waals surface area (Å²) in [6, 6.07) is 6.63. The molecular formula is C14H15N3O2. The van der Waals surface area contributed by atoms with Gasteiger partial charge in [0, 0.05) is 11.3 Å². The maximum absolute atomic E-state index is 12.0. The van der Waals surface area contributed by atoms with Gasteiger partial charge in [-0.25, -0.2) is 4.98 Å². The van der Waals surface area contributed by atoms with E-state index in [1.165, 1.54) is 0 Å². The molecule has 0 bridgehead atoms. The first-order chi connectivity index (χ1) is 9.22. The van der Waals surface area contributed by atoms with Gasteiger partial charge in [0.1, 0.15) is 5.75 Å². The molecule has 1 aliphatic rings. The number of benzene rings is 1. The molecule has 1 aliphatic carbocycles. The molecule has 0 unspecified atom stereocenters. The van der Waals surface area contributed by atoms with E-state index in [1.54, 1.807) is 24.3 Å². The molecular weight excluding hydrogens is 242 g/mol. The van der Waals surface area contributed by atoms with Crippen LogP contribution in [0.3, 0.4) is 0 Å². The topological polar surface area (TPSA) is 78.0 Å². The minimum atomic E-state index is -0.0500. The van der Waals surface area contributed by atoms with Crippen LogP contribution in [0, 0.1) is 0 Å². The first-order valence-electron chi connectivity index (χ1n) is 6.40. The van der Waals surface area contributed by atoms with E-state index in [-0.39, 0.29) is 11.3 Å². The van der Waals surface area contributed by atoms with Gasteiger partial charge in [-0.05, 0) is 49.9 Å². The number of nitrogens with zero attached hydrogens (tertiary/aromatic N) is 1. The lowest BCUT2D eigenvalue weighted by Gasteiger charge is -2.15. The van der Waals surface area contributed by atoms with Gasteiger partial charge in [-0.1, -0.05) is 0 Å². The molecule has 0 spiro atoms. The van der Waals surface area contributed by atoms with Crippen LogP contribution in [0.1, 0.15) is 24.1 Å². The number of aromatic nitrogens is 2. The molecule has 3 N–H and O–H groups in total. The zero-order valence-electron chi connectivity index (χ0n) is 10.4. The predicted molar refractivity (Wildman–Crippen MR) is 72.9 cm³/mol. The van der Waals surface area contributed by atoms with Crippen molar-refractivity contribution in [1.82, 2.24) is 9.97 Å². The Morgan fingerprint density at radius 3 is 2.68 bits per heavy atom. The summed E-state index contributed by atoms with van der Waals surface area (Å²) in [5.74, 6) is 0.661. The molecule has 5 heteroatoms. The Morgan fingerprint density at radius 1 is 1.16 bits per heavy atom. The highest BCUT2D eigenvalue weighted by molar-refractivity contribution is 5.54. The Kier molecular flexibility index (Phi) is 2.95. The number of hydrogen-bond acceptors (Lipinski definition) is 4. The van der Waals surface area contributed by atoms with E-state index in [2.05, 4.69) is 15.3 Å². The summed E-state index contributed by atoms with van der Waals surface area (Å²) >= 11 is 0. The molecule has 1 heterocycles. The van der Waals surface area contributed by atoms with Gasteiger partial charge in [0.25, 0.3) is 5.56 Å². The van der Waals surface area contributed by atoms with E-state index in [0.717, 1.165) is 42.6 Å². The van der Waals surface area contributed by atoms with Gasteiger partial charge in [-0.3, -0.25) is 9.78 Å². The molecule has 0 aliphatic heterocycles. The van der Waals surface area contributed by atoms with Crippen LogP contribution < -0.4 is 10.9 Å². The highest BCUT2D eigenvalue weighted by Crippen LogP contribution is 2.19. The first-order valence-corrected chi connectivity index (χ1v) is 6.40. The van der Waals surface area contributed by atoms with Gasteiger partial charge in [0.2, 0.25) is 5.95 Å². The van der Waals surface area contributed by atoms with Crippen molar-refractivity contribution in [1.29, 1.82) is 0 Å². The Bertz CT molecular complexity index is 647. The van der Waals surface area contributed by atoms with Crippen LogP contribution in [0.2, 0.25) is 0 Å². The lowest BCUT2D eigenvalue weighted by molar-refractivity contribution is 0.475. The summed E-state index contributed by atoms with van der Waals surface area (Å²) in [5, 5.41) is 12.3. The van der Waals surface area contributed by atoms with Crippen molar-refractivity contribution in [2.75, 3.05) is 5.32 Å². The van der Waals surface area contributed by atoms with Crippen LogP contribution >= 0.6 is 0 Å². The van der Waals surface area contributed by atoms with E-state index in [9.17, 15) is 9.90 Å². The zero-order valence-corrected chi connectivity index (χ0v) is 10.4. The van der Waals surface area contributed by atoms with E-state index in [0.29, 0.717) is 5.95 Å². The molecule has 0 fully saturated rings. The summed E-state index contributed by atoms with van der Waals surface area (Å²) in [6.45, 7) is 0. The summed E-state index contributed by atoms with van der Waals surface area (Å²) in [4.78, 5) is 19.2. The Hall–Kier alpha value is -2.30. The highest BCUT2D eigenvalue weighted by atomic mass is 16.3. The minimum Gasteiger partial charge on any atom is -0.508 e. The molecule has 3 rings (SSSR count). The van der Waals surface area contributed by atoms with Crippen molar-refractivity contribution in [3.05, 3.63) is 45.9 Å². The Labute approximate surface area is 110 Å². The average molecular weight is 257 g/mol. The third kappa shape index (κ3) is 2.45. The maximum atomic E-state index is 12.0. The van der Waals surface area contributed by atoms with Crippen LogP contribution in [0.4, 0.5) is 11.6 Å². The molecule has 0 amide bonds. The second-order valence-electron chi connectivity index (χ2n) is 4.72. The van der Waals surface area contributed by atoms with E-state index >= 15 is 0 Å². The third-order valence-electron chi connectivity index (χ3n) is 3.32. The molecule has 5 nitrogen and oxygen atoms in total. The molecule has 19 heavy (non-hydrogen) atoms. The Morgan fingerprint density at radius 2 is 1.89 bits per heavy atom. The van der Waals surface area contributed by atoms with Crippen molar-refractivity contribution in [3.8, 4) is 5.75 Å². The fourth-order valence-corrected chi connectivity index (χ4v) is 2.34. The van der Waals surface area contributed by atoms with Crippen molar-refractivity contribution in [2.24, 2.45) is 0 Å². The lowest BCUT2D eigenvalue weighted by Crippen LogP contribution is -2.22. The van der Waals surface area contributed by atoms with Gasteiger partial charge in [-0.2, -0.15) is 0 Å². The highest BCUT2D eigenvalue weighted by Gasteiger charge is 2.15. The minimum absolute atomic E-state index is 0.0500. The van der Waals surface area contributed by atoms with Crippen molar-refractivity contribution < 1.29 is 5.11 Å². The molecule has 98 valence electrons. The van der Waals surface area contributed by atoms with Crippen LogP contribution in [0.25, 0.3) is 0 Å². The number of anilines is 2. The number of rotatable bonds is 2. The molecule has 1 aromatic heterocycles. The van der Waals surface area contributed by atoms with Gasteiger partial charge < -0.3 is 10.4 Å². The molecule has 1 aromatic carbocycles. The van der Waals surface area contributed by atoms with E-state index < -0.39 is 0 Å². The number of phenols is 1. The summed E-state index contributed by atoms with van der Waals surface area (Å²) in [5.41, 5.74) is 2.45. The maximum Gasteiger partial charge on any atom is 0.255 e. The molecule has 0 saturated carbocycles. The van der Waals surface area contributed by atoms with Crippen LogP contribution in [-0.2, 0) is 12.8 Å². The predicted octanol–water partition coefficient (Wildman–Crippen LogP) is 2.10. The second-order valence-corrected chi connectivity index (χ2v) is 4.72. The molecule has 0 radical (unpaired) electrons. The van der Waals surface area contributed by atoms with Crippen molar-refractivity contribution >= 4 is 11.6 Å². The molecule has 0 atom stereocenters. The lowest BCUT2D eigenvalue weighted by atomic mass is 9.97. The summed E-state index contributed by atoms with van der Waals surface area (Å²) in [6.07, 6.45) is 3.82. The first kappa shape index (κ1) is 11.8. The fourth-order valence-electron chi connectivity index (χ4n) is 2.34. The zero-order chi connectivity index (χ0) is 13.2. The van der Waals surface area contributed by atoms with Gasteiger partial charge >= 0.3 is 0 Å². The number of fused-ring (bicyclic) bond motifs is 1. The number of aromatic amines is 1. The number of aryl methyl sites for hydroxylation is 1. The van der Waals surface area contributed by atoms with Crippen molar-refractivity contribution in [2.45, 2.75) is 25.7 Å². The summed E-state index contributed by atoms with van der Waals surface area (Å²) < 4.78 is 0. The standard InChI is InChI=1S/C14H15N3O2/c18-10-7-5-9(6-8-10)15-14-16-12-4-2-1-3-11(12)13(19)17-14/h5-8,18H,1-4H2,(H2,15,16,17,19). The quantitative estimate of drug-likeness (QED) is 0.720. The SMILES string of the molecule is O=c1[nH]c(Nc2ccc(O)cc2)nc2c1CCCC2.